The Labute approximate surface area is 113 Å². The molecule has 0 N–H and O–H groups in total. The maximum atomic E-state index is 11.9. The molecule has 0 aliphatic rings. The maximum Gasteiger partial charge on any atom is 0.313 e. The number of hydrogen-bond acceptors (Lipinski definition) is 3. The van der Waals surface area contributed by atoms with Crippen LogP contribution in [0, 0.1) is 13.8 Å². The van der Waals surface area contributed by atoms with Gasteiger partial charge in [0.15, 0.2) is 0 Å². The fourth-order valence-corrected chi connectivity index (χ4v) is 2.40. The lowest BCUT2D eigenvalue weighted by molar-refractivity contribution is -0.144. The minimum Gasteiger partial charge on any atom is -0.466 e. The van der Waals surface area contributed by atoms with Gasteiger partial charge in [-0.05, 0) is 44.7 Å². The van der Waals surface area contributed by atoms with Crippen LogP contribution in [0.3, 0.4) is 0 Å². The number of fused-ring (bicyclic) bond motifs is 1. The lowest BCUT2D eigenvalue weighted by atomic mass is 9.94. The molecule has 1 unspecified atom stereocenters. The summed E-state index contributed by atoms with van der Waals surface area (Å²) in [6.07, 6.45) is 0. The zero-order valence-corrected chi connectivity index (χ0v) is 11.9. The molecular formula is C16H19NO2. The molecule has 0 bridgehead atoms. The molecule has 0 aliphatic heterocycles. The van der Waals surface area contributed by atoms with Crippen molar-refractivity contribution >= 4 is 16.7 Å². The third kappa shape index (κ3) is 2.60. The fraction of sp³-hybridized carbons (Fsp3) is 0.375. The molecule has 3 heteroatoms. The van der Waals surface area contributed by atoms with E-state index in [-0.39, 0.29) is 11.9 Å². The average Bonchev–Trinajstić information content (AvgIpc) is 2.37. The Morgan fingerprint density at radius 1 is 1.32 bits per heavy atom. The first kappa shape index (κ1) is 13.5. The molecule has 0 fully saturated rings. The summed E-state index contributed by atoms with van der Waals surface area (Å²) in [4.78, 5) is 16.4. The van der Waals surface area contributed by atoms with Crippen LogP contribution in [0.25, 0.3) is 10.8 Å². The number of benzene rings is 1. The van der Waals surface area contributed by atoms with Crippen LogP contribution in [0.1, 0.15) is 36.7 Å². The van der Waals surface area contributed by atoms with E-state index in [0.717, 1.165) is 27.7 Å². The van der Waals surface area contributed by atoms with Gasteiger partial charge in [0, 0.05) is 16.8 Å². The highest BCUT2D eigenvalue weighted by atomic mass is 16.5. The number of carbonyl (C=O) groups excluding carboxylic acids is 1. The molecule has 0 amide bonds. The number of pyridine rings is 1. The van der Waals surface area contributed by atoms with E-state index in [1.807, 2.05) is 52.0 Å². The predicted molar refractivity (Wildman–Crippen MR) is 76.3 cm³/mol. The monoisotopic (exact) mass is 257 g/mol. The van der Waals surface area contributed by atoms with E-state index in [9.17, 15) is 4.79 Å². The van der Waals surface area contributed by atoms with Crippen molar-refractivity contribution in [2.75, 3.05) is 6.61 Å². The Bertz CT molecular complexity index is 619. The maximum absolute atomic E-state index is 11.9. The van der Waals surface area contributed by atoms with Crippen LogP contribution in [-0.2, 0) is 9.53 Å². The Hall–Kier alpha value is -1.90. The Balaban J connectivity index is 2.58. The van der Waals surface area contributed by atoms with Gasteiger partial charge in [0.25, 0.3) is 0 Å². The topological polar surface area (TPSA) is 39.2 Å². The van der Waals surface area contributed by atoms with Crippen LogP contribution < -0.4 is 0 Å². The fourth-order valence-electron chi connectivity index (χ4n) is 2.40. The summed E-state index contributed by atoms with van der Waals surface area (Å²) < 4.78 is 5.11. The molecule has 3 nitrogen and oxygen atoms in total. The van der Waals surface area contributed by atoms with Gasteiger partial charge in [-0.15, -0.1) is 0 Å². The average molecular weight is 257 g/mol. The van der Waals surface area contributed by atoms with Gasteiger partial charge >= 0.3 is 5.97 Å². The molecule has 2 aromatic rings. The normalized spacial score (nSPS) is 12.4. The second-order valence-electron chi connectivity index (χ2n) is 4.77. The van der Waals surface area contributed by atoms with Gasteiger partial charge in [-0.2, -0.15) is 0 Å². The van der Waals surface area contributed by atoms with Crippen LogP contribution in [0.5, 0.6) is 0 Å². The zero-order valence-electron chi connectivity index (χ0n) is 11.9. The van der Waals surface area contributed by atoms with E-state index in [1.165, 1.54) is 0 Å². The minimum atomic E-state index is -0.259. The van der Waals surface area contributed by atoms with Crippen molar-refractivity contribution < 1.29 is 9.53 Å². The van der Waals surface area contributed by atoms with E-state index in [1.54, 1.807) is 0 Å². The van der Waals surface area contributed by atoms with Crippen molar-refractivity contribution in [3.63, 3.8) is 0 Å². The van der Waals surface area contributed by atoms with E-state index in [4.69, 9.17) is 4.74 Å². The van der Waals surface area contributed by atoms with Gasteiger partial charge in [-0.1, -0.05) is 18.2 Å². The highest BCUT2D eigenvalue weighted by Gasteiger charge is 2.19. The van der Waals surface area contributed by atoms with Crippen LogP contribution in [0.15, 0.2) is 24.3 Å². The Kier molecular flexibility index (Phi) is 3.84. The van der Waals surface area contributed by atoms with Crippen molar-refractivity contribution in [3.8, 4) is 0 Å². The number of ether oxygens (including phenoxy) is 1. The van der Waals surface area contributed by atoms with Crippen LogP contribution in [-0.4, -0.2) is 17.6 Å². The van der Waals surface area contributed by atoms with Crippen LogP contribution >= 0.6 is 0 Å². The summed E-state index contributed by atoms with van der Waals surface area (Å²) in [5, 5.41) is 2.19. The molecule has 1 heterocycles. The molecule has 100 valence electrons. The SMILES string of the molecule is CCOC(=O)C(C)c1cccc2c(C)nc(C)cc12. The summed E-state index contributed by atoms with van der Waals surface area (Å²) in [6, 6.07) is 8.03. The van der Waals surface area contributed by atoms with Gasteiger partial charge < -0.3 is 4.74 Å². The number of hydrogen-bond donors (Lipinski definition) is 0. The molecule has 0 saturated heterocycles. The number of rotatable bonds is 3. The Morgan fingerprint density at radius 3 is 2.74 bits per heavy atom. The molecule has 1 aromatic carbocycles. The second-order valence-corrected chi connectivity index (χ2v) is 4.77. The highest BCUT2D eigenvalue weighted by molar-refractivity contribution is 5.92. The number of aromatic nitrogens is 1. The van der Waals surface area contributed by atoms with Gasteiger partial charge in [-0.25, -0.2) is 0 Å². The van der Waals surface area contributed by atoms with Crippen molar-refractivity contribution in [1.82, 2.24) is 4.98 Å². The summed E-state index contributed by atoms with van der Waals surface area (Å²) in [5.41, 5.74) is 2.96. The molecule has 19 heavy (non-hydrogen) atoms. The lowest BCUT2D eigenvalue weighted by Crippen LogP contribution is -2.13. The van der Waals surface area contributed by atoms with Crippen LogP contribution in [0.2, 0.25) is 0 Å². The molecule has 0 spiro atoms. The molecule has 0 radical (unpaired) electrons. The second kappa shape index (κ2) is 5.39. The van der Waals surface area contributed by atoms with Gasteiger partial charge in [0.2, 0.25) is 0 Å². The third-order valence-corrected chi connectivity index (χ3v) is 3.33. The zero-order chi connectivity index (χ0) is 14.0. The Morgan fingerprint density at radius 2 is 2.05 bits per heavy atom. The van der Waals surface area contributed by atoms with Crippen molar-refractivity contribution in [3.05, 3.63) is 41.2 Å². The van der Waals surface area contributed by atoms with E-state index in [0.29, 0.717) is 6.61 Å². The summed E-state index contributed by atoms with van der Waals surface area (Å²) in [7, 11) is 0. The van der Waals surface area contributed by atoms with E-state index in [2.05, 4.69) is 4.98 Å². The summed E-state index contributed by atoms with van der Waals surface area (Å²) in [6.45, 7) is 8.09. The molecule has 1 atom stereocenters. The van der Waals surface area contributed by atoms with Gasteiger partial charge in [0.05, 0.1) is 12.5 Å². The highest BCUT2D eigenvalue weighted by Crippen LogP contribution is 2.28. The molecule has 0 saturated carbocycles. The first-order valence-corrected chi connectivity index (χ1v) is 6.58. The number of esters is 1. The number of nitrogens with zero attached hydrogens (tertiary/aromatic N) is 1. The lowest BCUT2D eigenvalue weighted by Gasteiger charge is -2.14. The first-order valence-electron chi connectivity index (χ1n) is 6.58. The summed E-state index contributed by atoms with van der Waals surface area (Å²) in [5.74, 6) is -0.438. The van der Waals surface area contributed by atoms with Gasteiger partial charge in [-0.3, -0.25) is 9.78 Å². The van der Waals surface area contributed by atoms with E-state index < -0.39 is 0 Å². The minimum absolute atomic E-state index is 0.179. The first-order chi connectivity index (χ1) is 9.04. The molecular weight excluding hydrogens is 238 g/mol. The molecule has 1 aromatic heterocycles. The molecule has 2 rings (SSSR count). The van der Waals surface area contributed by atoms with Crippen LogP contribution in [0.4, 0.5) is 0 Å². The number of aryl methyl sites for hydroxylation is 2. The van der Waals surface area contributed by atoms with E-state index >= 15 is 0 Å². The largest absolute Gasteiger partial charge is 0.466 e. The summed E-state index contributed by atoms with van der Waals surface area (Å²) >= 11 is 0. The quantitative estimate of drug-likeness (QED) is 0.790. The third-order valence-electron chi connectivity index (χ3n) is 3.33. The van der Waals surface area contributed by atoms with Gasteiger partial charge in [0.1, 0.15) is 0 Å². The smallest absolute Gasteiger partial charge is 0.313 e. The van der Waals surface area contributed by atoms with Crippen molar-refractivity contribution in [1.29, 1.82) is 0 Å². The standard InChI is InChI=1S/C16H19NO2/c1-5-19-16(18)11(3)13-7-6-8-14-12(4)17-10(2)9-15(13)14/h6-9,11H,5H2,1-4H3. The van der Waals surface area contributed by atoms with Crippen molar-refractivity contribution in [2.45, 2.75) is 33.6 Å². The number of carbonyl (C=O) groups is 1. The predicted octanol–water partition coefficient (Wildman–Crippen LogP) is 3.52. The molecule has 0 aliphatic carbocycles. The van der Waals surface area contributed by atoms with Crippen molar-refractivity contribution in [2.24, 2.45) is 0 Å².